The first-order valence-corrected chi connectivity index (χ1v) is 12.5. The Labute approximate surface area is 218 Å². The summed E-state index contributed by atoms with van der Waals surface area (Å²) in [5.74, 6) is -1.03. The van der Waals surface area contributed by atoms with Gasteiger partial charge in [-0.25, -0.2) is 0 Å². The summed E-state index contributed by atoms with van der Waals surface area (Å²) in [7, 11) is 0. The van der Waals surface area contributed by atoms with Crippen LogP contribution in [0.5, 0.6) is 5.75 Å². The second kappa shape index (κ2) is 9.96. The topological polar surface area (TPSA) is 123 Å². The number of hydrogen-bond donors (Lipinski definition) is 3. The monoisotopic (exact) mass is 563 g/mol. The van der Waals surface area contributed by atoms with Gasteiger partial charge in [-0.3, -0.25) is 19.3 Å². The lowest BCUT2D eigenvalue weighted by molar-refractivity contribution is -0.121. The number of benzene rings is 3. The van der Waals surface area contributed by atoms with E-state index in [0.29, 0.717) is 22.6 Å². The van der Waals surface area contributed by atoms with Crippen molar-refractivity contribution in [1.29, 1.82) is 0 Å². The van der Waals surface area contributed by atoms with Crippen LogP contribution in [0.25, 0.3) is 0 Å². The zero-order valence-electron chi connectivity index (χ0n) is 18.5. The highest BCUT2D eigenvalue weighted by Gasteiger charge is 2.40. The molecule has 9 nitrogen and oxygen atoms in total. The number of carbonyl (C=O) groups excluding carboxylic acids is 3. The molecule has 0 bridgehead atoms. The van der Waals surface area contributed by atoms with Gasteiger partial charge in [-0.2, -0.15) is 0 Å². The number of amides is 3. The first kappa shape index (κ1) is 23.8. The summed E-state index contributed by atoms with van der Waals surface area (Å²) in [4.78, 5) is 39.8. The number of rotatable bonds is 5. The van der Waals surface area contributed by atoms with Crippen LogP contribution >= 0.6 is 27.7 Å². The molecular formula is C25H18BrN5O4S. The normalized spacial score (nSPS) is 19.0. The van der Waals surface area contributed by atoms with Crippen molar-refractivity contribution >= 4 is 73.4 Å². The zero-order chi connectivity index (χ0) is 25.2. The number of hydrogen-bond acceptors (Lipinski definition) is 7. The molecule has 0 aromatic heterocycles. The van der Waals surface area contributed by atoms with Crippen molar-refractivity contribution in [3.8, 4) is 5.75 Å². The number of anilines is 3. The van der Waals surface area contributed by atoms with Gasteiger partial charge in [-0.15, -0.1) is 10.2 Å². The molecule has 3 aromatic carbocycles. The molecular weight excluding hydrogens is 546 g/mol. The van der Waals surface area contributed by atoms with Crippen LogP contribution in [-0.2, 0) is 14.4 Å². The van der Waals surface area contributed by atoms with E-state index < -0.39 is 11.2 Å². The summed E-state index contributed by atoms with van der Waals surface area (Å²) in [6.07, 6.45) is -0.0902. The third-order valence-corrected chi connectivity index (χ3v) is 7.08. The molecule has 2 aliphatic heterocycles. The van der Waals surface area contributed by atoms with Gasteiger partial charge in [0.1, 0.15) is 11.0 Å². The van der Waals surface area contributed by atoms with Gasteiger partial charge in [0.15, 0.2) is 10.9 Å². The molecule has 0 radical (unpaired) electrons. The second-order valence-electron chi connectivity index (χ2n) is 7.89. The van der Waals surface area contributed by atoms with E-state index in [-0.39, 0.29) is 34.9 Å². The molecule has 3 aromatic rings. The molecule has 1 fully saturated rings. The van der Waals surface area contributed by atoms with Gasteiger partial charge >= 0.3 is 0 Å². The SMILES string of the molecule is O=C(C[C@H]1S/C(=N\N=C2\C(=O)Nc3ccccc32)N(c2ccc(O)cc2)C1=O)Nc1ccc(Br)cc1. The highest BCUT2D eigenvalue weighted by atomic mass is 79.9. The van der Waals surface area contributed by atoms with E-state index in [1.54, 1.807) is 60.7 Å². The first-order valence-electron chi connectivity index (χ1n) is 10.8. The number of carbonyl (C=O) groups is 3. The van der Waals surface area contributed by atoms with E-state index in [0.717, 1.165) is 16.2 Å². The number of nitrogens with zero attached hydrogens (tertiary/aromatic N) is 3. The summed E-state index contributed by atoms with van der Waals surface area (Å²) in [6, 6.07) is 20.3. The number of halogens is 1. The number of fused-ring (bicyclic) bond motifs is 1. The van der Waals surface area contributed by atoms with Crippen molar-refractivity contribution in [3.05, 3.63) is 82.8 Å². The van der Waals surface area contributed by atoms with Gasteiger partial charge < -0.3 is 15.7 Å². The van der Waals surface area contributed by atoms with Crippen LogP contribution in [0.15, 0.2) is 87.5 Å². The number of aromatic hydroxyl groups is 1. The Kier molecular flexibility index (Phi) is 6.57. The van der Waals surface area contributed by atoms with E-state index in [2.05, 4.69) is 36.8 Å². The lowest BCUT2D eigenvalue weighted by atomic mass is 10.1. The van der Waals surface area contributed by atoms with Crippen LogP contribution in [0.2, 0.25) is 0 Å². The zero-order valence-corrected chi connectivity index (χ0v) is 20.9. The Bertz CT molecular complexity index is 1420. The average molecular weight is 564 g/mol. The average Bonchev–Trinajstić information content (AvgIpc) is 3.35. The number of nitrogens with one attached hydrogen (secondary N) is 2. The molecule has 1 atom stereocenters. The van der Waals surface area contributed by atoms with Gasteiger partial charge in [-0.05, 0) is 54.6 Å². The van der Waals surface area contributed by atoms with Crippen molar-refractivity contribution in [2.75, 3.05) is 15.5 Å². The Hall–Kier alpha value is -3.96. The van der Waals surface area contributed by atoms with Crippen LogP contribution in [0.4, 0.5) is 17.1 Å². The van der Waals surface area contributed by atoms with Crippen LogP contribution in [0, 0.1) is 0 Å². The molecule has 5 rings (SSSR count). The molecule has 36 heavy (non-hydrogen) atoms. The third kappa shape index (κ3) is 4.88. The van der Waals surface area contributed by atoms with Gasteiger partial charge in [-0.1, -0.05) is 45.9 Å². The quantitative estimate of drug-likeness (QED) is 0.398. The largest absolute Gasteiger partial charge is 0.508 e. The predicted octanol–water partition coefficient (Wildman–Crippen LogP) is 4.34. The molecule has 11 heteroatoms. The van der Waals surface area contributed by atoms with Crippen LogP contribution in [0.1, 0.15) is 12.0 Å². The van der Waals surface area contributed by atoms with Crippen LogP contribution < -0.4 is 15.5 Å². The maximum absolute atomic E-state index is 13.3. The Morgan fingerprint density at radius 3 is 2.50 bits per heavy atom. The molecule has 2 heterocycles. The Morgan fingerprint density at radius 1 is 1.03 bits per heavy atom. The fourth-order valence-corrected chi connectivity index (χ4v) is 5.06. The van der Waals surface area contributed by atoms with Crippen molar-refractivity contribution < 1.29 is 19.5 Å². The predicted molar refractivity (Wildman–Crippen MR) is 143 cm³/mol. The maximum atomic E-state index is 13.3. The van der Waals surface area contributed by atoms with E-state index in [9.17, 15) is 19.5 Å². The summed E-state index contributed by atoms with van der Waals surface area (Å²) in [5, 5.41) is 23.1. The number of amidine groups is 1. The summed E-state index contributed by atoms with van der Waals surface area (Å²) in [5.41, 5.74) is 2.45. The van der Waals surface area contributed by atoms with Gasteiger partial charge in [0, 0.05) is 22.1 Å². The van der Waals surface area contributed by atoms with E-state index in [1.807, 2.05) is 0 Å². The lowest BCUT2D eigenvalue weighted by Crippen LogP contribution is -2.33. The summed E-state index contributed by atoms with van der Waals surface area (Å²) in [6.45, 7) is 0. The molecule has 2 aliphatic rings. The van der Waals surface area contributed by atoms with Crippen molar-refractivity contribution in [2.45, 2.75) is 11.7 Å². The van der Waals surface area contributed by atoms with Crippen molar-refractivity contribution in [3.63, 3.8) is 0 Å². The van der Waals surface area contributed by atoms with E-state index in [4.69, 9.17) is 0 Å². The Morgan fingerprint density at radius 2 is 1.75 bits per heavy atom. The van der Waals surface area contributed by atoms with E-state index in [1.165, 1.54) is 17.0 Å². The first-order chi connectivity index (χ1) is 17.4. The van der Waals surface area contributed by atoms with E-state index >= 15 is 0 Å². The second-order valence-corrected chi connectivity index (χ2v) is 9.97. The summed E-state index contributed by atoms with van der Waals surface area (Å²) >= 11 is 4.44. The standard InChI is InChI=1S/C25H18BrN5O4S/c26-14-5-7-15(8-6-14)27-21(33)13-20-24(35)31(16-9-11-17(32)12-10-16)25(36-20)30-29-22-18-3-1-2-4-19(18)28-23(22)34/h1-12,20,32H,13H2,(H,27,33)(H,28,29,34)/b30-25-/t20-/m1/s1. The van der Waals surface area contributed by atoms with Crippen LogP contribution in [0.3, 0.4) is 0 Å². The number of thioether (sulfide) groups is 1. The maximum Gasteiger partial charge on any atom is 0.276 e. The molecule has 0 saturated carbocycles. The fraction of sp³-hybridized carbons (Fsp3) is 0.0800. The molecule has 3 N–H and O–H groups in total. The molecule has 0 aliphatic carbocycles. The highest BCUT2D eigenvalue weighted by molar-refractivity contribution is 9.10. The van der Waals surface area contributed by atoms with Gasteiger partial charge in [0.2, 0.25) is 11.8 Å². The van der Waals surface area contributed by atoms with Crippen molar-refractivity contribution in [1.82, 2.24) is 0 Å². The fourth-order valence-electron chi connectivity index (χ4n) is 3.71. The lowest BCUT2D eigenvalue weighted by Gasteiger charge is -2.16. The number of phenols is 1. The smallest absolute Gasteiger partial charge is 0.276 e. The molecule has 0 spiro atoms. The molecule has 1 saturated heterocycles. The number of phenolic OH excluding ortho intramolecular Hbond substituents is 1. The molecule has 3 amide bonds. The van der Waals surface area contributed by atoms with Crippen molar-refractivity contribution in [2.24, 2.45) is 10.2 Å². The minimum atomic E-state index is -0.752. The summed E-state index contributed by atoms with van der Waals surface area (Å²) < 4.78 is 0.882. The number of para-hydroxylation sites is 1. The molecule has 0 unspecified atom stereocenters. The van der Waals surface area contributed by atoms with Gasteiger partial charge in [0.25, 0.3) is 5.91 Å². The minimum absolute atomic E-state index is 0.0430. The molecule has 180 valence electrons. The highest BCUT2D eigenvalue weighted by Crippen LogP contribution is 2.35. The minimum Gasteiger partial charge on any atom is -0.508 e. The Balaban J connectivity index is 1.42. The van der Waals surface area contributed by atoms with Crippen LogP contribution in [-0.4, -0.2) is 39.0 Å². The third-order valence-electron chi connectivity index (χ3n) is 5.42. The van der Waals surface area contributed by atoms with Gasteiger partial charge in [0.05, 0.1) is 11.4 Å².